The summed E-state index contributed by atoms with van der Waals surface area (Å²) >= 11 is 6.34. The molecule has 2 aliphatic rings. The van der Waals surface area contributed by atoms with Crippen LogP contribution in [0.3, 0.4) is 0 Å². The highest BCUT2D eigenvalue weighted by atomic mass is 35.5. The van der Waals surface area contributed by atoms with E-state index in [4.69, 9.17) is 11.6 Å². The molecule has 0 heterocycles. The van der Waals surface area contributed by atoms with E-state index in [0.717, 1.165) is 17.6 Å². The number of halogens is 1. The molecule has 16 heavy (non-hydrogen) atoms. The van der Waals surface area contributed by atoms with E-state index >= 15 is 0 Å². The molecule has 1 atom stereocenters. The standard InChI is InChI=1S/C14H18ClN/c15-13-6-2-4-10-3-1-5-11(14(10)13)9-16-12-7-8-12/h2,4,6,11-12,16H,1,3,5,7-9H2. The highest BCUT2D eigenvalue weighted by Gasteiger charge is 2.26. The van der Waals surface area contributed by atoms with Gasteiger partial charge in [-0.25, -0.2) is 0 Å². The van der Waals surface area contributed by atoms with Gasteiger partial charge in [-0.3, -0.25) is 0 Å². The van der Waals surface area contributed by atoms with Crippen LogP contribution in [0.4, 0.5) is 0 Å². The Bertz CT molecular complexity index is 384. The van der Waals surface area contributed by atoms with Crippen LogP contribution in [-0.2, 0) is 6.42 Å². The fourth-order valence-corrected chi connectivity index (χ4v) is 3.09. The first-order chi connectivity index (χ1) is 7.84. The molecule has 3 rings (SSSR count). The van der Waals surface area contributed by atoms with E-state index in [9.17, 15) is 0 Å². The maximum absolute atomic E-state index is 6.34. The lowest BCUT2D eigenvalue weighted by Crippen LogP contribution is -2.26. The second-order valence-electron chi connectivity index (χ2n) is 5.08. The van der Waals surface area contributed by atoms with Crippen molar-refractivity contribution in [2.24, 2.45) is 0 Å². The van der Waals surface area contributed by atoms with E-state index in [2.05, 4.69) is 17.4 Å². The first-order valence-electron chi connectivity index (χ1n) is 6.35. The number of rotatable bonds is 3. The quantitative estimate of drug-likeness (QED) is 0.846. The lowest BCUT2D eigenvalue weighted by atomic mass is 9.82. The lowest BCUT2D eigenvalue weighted by Gasteiger charge is -2.26. The summed E-state index contributed by atoms with van der Waals surface area (Å²) in [6.45, 7) is 1.11. The van der Waals surface area contributed by atoms with Crippen LogP contribution in [0.5, 0.6) is 0 Å². The summed E-state index contributed by atoms with van der Waals surface area (Å²) in [6, 6.07) is 7.16. The van der Waals surface area contributed by atoms with E-state index in [1.807, 2.05) is 6.07 Å². The van der Waals surface area contributed by atoms with Crippen molar-refractivity contribution < 1.29 is 0 Å². The van der Waals surface area contributed by atoms with Gasteiger partial charge in [-0.05, 0) is 55.2 Å². The van der Waals surface area contributed by atoms with Crippen LogP contribution in [0.25, 0.3) is 0 Å². The highest BCUT2D eigenvalue weighted by Crippen LogP contribution is 2.36. The molecule has 0 aliphatic heterocycles. The number of hydrogen-bond donors (Lipinski definition) is 1. The SMILES string of the molecule is Clc1cccc2c1C(CNC1CC1)CCC2. The summed E-state index contributed by atoms with van der Waals surface area (Å²) in [4.78, 5) is 0. The van der Waals surface area contributed by atoms with E-state index in [1.165, 1.54) is 43.2 Å². The average molecular weight is 236 g/mol. The molecule has 0 radical (unpaired) electrons. The molecule has 2 aliphatic carbocycles. The third-order valence-electron chi connectivity index (χ3n) is 3.78. The van der Waals surface area contributed by atoms with Crippen molar-refractivity contribution in [3.05, 3.63) is 34.3 Å². The Labute approximate surface area is 102 Å². The van der Waals surface area contributed by atoms with Gasteiger partial charge in [-0.15, -0.1) is 0 Å². The largest absolute Gasteiger partial charge is 0.313 e. The zero-order valence-corrected chi connectivity index (χ0v) is 10.3. The second kappa shape index (κ2) is 4.38. The Morgan fingerprint density at radius 1 is 1.25 bits per heavy atom. The van der Waals surface area contributed by atoms with Crippen LogP contribution in [0, 0.1) is 0 Å². The van der Waals surface area contributed by atoms with Gasteiger partial charge in [0.1, 0.15) is 0 Å². The minimum absolute atomic E-state index is 0.637. The average Bonchev–Trinajstić information content (AvgIpc) is 3.10. The molecular weight excluding hydrogens is 218 g/mol. The van der Waals surface area contributed by atoms with E-state index in [0.29, 0.717) is 5.92 Å². The summed E-state index contributed by atoms with van der Waals surface area (Å²) in [5.74, 6) is 0.637. The van der Waals surface area contributed by atoms with Crippen LogP contribution >= 0.6 is 11.6 Å². The van der Waals surface area contributed by atoms with Gasteiger partial charge in [0.25, 0.3) is 0 Å². The summed E-state index contributed by atoms with van der Waals surface area (Å²) in [6.07, 6.45) is 6.53. The van der Waals surface area contributed by atoms with Gasteiger partial charge < -0.3 is 5.32 Å². The molecule has 0 aromatic heterocycles. The molecule has 0 amide bonds. The molecule has 1 aromatic carbocycles. The molecule has 1 fully saturated rings. The van der Waals surface area contributed by atoms with Crippen molar-refractivity contribution >= 4 is 11.6 Å². The molecule has 1 aromatic rings. The van der Waals surface area contributed by atoms with Crippen LogP contribution in [0.15, 0.2) is 18.2 Å². The Kier molecular flexibility index (Phi) is 2.91. The summed E-state index contributed by atoms with van der Waals surface area (Å²) in [7, 11) is 0. The van der Waals surface area contributed by atoms with Crippen LogP contribution in [0.1, 0.15) is 42.7 Å². The Morgan fingerprint density at radius 2 is 2.12 bits per heavy atom. The van der Waals surface area contributed by atoms with E-state index in [-0.39, 0.29) is 0 Å². The van der Waals surface area contributed by atoms with Gasteiger partial charge >= 0.3 is 0 Å². The Hall–Kier alpha value is -0.530. The van der Waals surface area contributed by atoms with Crippen molar-refractivity contribution in [1.29, 1.82) is 0 Å². The molecule has 86 valence electrons. The number of hydrogen-bond acceptors (Lipinski definition) is 1. The molecule has 0 bridgehead atoms. The molecule has 0 spiro atoms. The fraction of sp³-hybridized carbons (Fsp3) is 0.571. The van der Waals surface area contributed by atoms with Gasteiger partial charge in [0.15, 0.2) is 0 Å². The normalized spacial score (nSPS) is 24.2. The van der Waals surface area contributed by atoms with E-state index in [1.54, 1.807) is 0 Å². The first kappa shape index (κ1) is 10.6. The molecule has 1 N–H and O–H groups in total. The van der Waals surface area contributed by atoms with Crippen LogP contribution in [0.2, 0.25) is 5.02 Å². The number of fused-ring (bicyclic) bond motifs is 1. The predicted molar refractivity (Wildman–Crippen MR) is 68.2 cm³/mol. The first-order valence-corrected chi connectivity index (χ1v) is 6.73. The maximum Gasteiger partial charge on any atom is 0.0444 e. The van der Waals surface area contributed by atoms with Crippen molar-refractivity contribution in [3.8, 4) is 0 Å². The molecule has 1 nitrogen and oxygen atoms in total. The molecule has 0 saturated heterocycles. The minimum atomic E-state index is 0.637. The predicted octanol–water partition coefficient (Wildman–Crippen LogP) is 3.51. The van der Waals surface area contributed by atoms with Gasteiger partial charge in [-0.2, -0.15) is 0 Å². The van der Waals surface area contributed by atoms with Crippen molar-refractivity contribution in [2.45, 2.75) is 44.1 Å². The molecule has 1 saturated carbocycles. The molecule has 1 unspecified atom stereocenters. The smallest absolute Gasteiger partial charge is 0.0444 e. The van der Waals surface area contributed by atoms with Gasteiger partial charge in [0.05, 0.1) is 0 Å². The zero-order valence-electron chi connectivity index (χ0n) is 9.51. The topological polar surface area (TPSA) is 12.0 Å². The zero-order chi connectivity index (χ0) is 11.0. The second-order valence-corrected chi connectivity index (χ2v) is 5.49. The fourth-order valence-electron chi connectivity index (χ4n) is 2.74. The van der Waals surface area contributed by atoms with Crippen LogP contribution in [-0.4, -0.2) is 12.6 Å². The summed E-state index contributed by atoms with van der Waals surface area (Å²) in [5.41, 5.74) is 2.89. The maximum atomic E-state index is 6.34. The molecule has 2 heteroatoms. The van der Waals surface area contributed by atoms with Crippen molar-refractivity contribution in [3.63, 3.8) is 0 Å². The van der Waals surface area contributed by atoms with E-state index < -0.39 is 0 Å². The van der Waals surface area contributed by atoms with Gasteiger partial charge in [-0.1, -0.05) is 23.7 Å². The molecular formula is C14H18ClN. The number of nitrogens with one attached hydrogen (secondary N) is 1. The number of benzene rings is 1. The van der Waals surface area contributed by atoms with Gasteiger partial charge in [0.2, 0.25) is 0 Å². The lowest BCUT2D eigenvalue weighted by molar-refractivity contribution is 0.506. The van der Waals surface area contributed by atoms with Crippen LogP contribution < -0.4 is 5.32 Å². The number of aryl methyl sites for hydroxylation is 1. The highest BCUT2D eigenvalue weighted by molar-refractivity contribution is 6.31. The Morgan fingerprint density at radius 3 is 2.94 bits per heavy atom. The monoisotopic (exact) mass is 235 g/mol. The van der Waals surface area contributed by atoms with Crippen molar-refractivity contribution in [2.75, 3.05) is 6.54 Å². The summed E-state index contributed by atoms with van der Waals surface area (Å²) in [5, 5.41) is 4.61. The third kappa shape index (κ3) is 2.11. The van der Waals surface area contributed by atoms with Crippen molar-refractivity contribution in [1.82, 2.24) is 5.32 Å². The third-order valence-corrected chi connectivity index (χ3v) is 4.11. The summed E-state index contributed by atoms with van der Waals surface area (Å²) < 4.78 is 0. The van der Waals surface area contributed by atoms with Gasteiger partial charge in [0, 0.05) is 17.6 Å². The minimum Gasteiger partial charge on any atom is -0.313 e. The Balaban J connectivity index is 1.80.